The third-order valence-corrected chi connectivity index (χ3v) is 7.65. The van der Waals surface area contributed by atoms with Gasteiger partial charge in [0.25, 0.3) is 5.91 Å². The number of nitrogens with zero attached hydrogens (tertiary/aromatic N) is 3. The van der Waals surface area contributed by atoms with Crippen LogP contribution in [0.15, 0.2) is 52.5 Å². The Hall–Kier alpha value is -2.15. The molecule has 0 unspecified atom stereocenters. The van der Waals surface area contributed by atoms with Crippen LogP contribution in [0.2, 0.25) is 5.15 Å². The summed E-state index contributed by atoms with van der Waals surface area (Å²) in [5, 5.41) is 1.23. The highest BCUT2D eigenvalue weighted by atomic mass is 35.5. The van der Waals surface area contributed by atoms with E-state index >= 15 is 0 Å². The smallest absolute Gasteiger partial charge is 0.286 e. The zero-order valence-electron chi connectivity index (χ0n) is 17.6. The Labute approximate surface area is 191 Å². The minimum Gasteiger partial charge on any atom is -0.365 e. The van der Waals surface area contributed by atoms with Crippen molar-refractivity contribution in [1.82, 2.24) is 9.88 Å². The number of rotatable bonds is 2. The van der Waals surface area contributed by atoms with Crippen LogP contribution in [-0.2, 0) is 21.7 Å². The molecular weight excluding hydrogens is 430 g/mol. The number of thioether (sulfide) groups is 1. The molecule has 0 aliphatic carbocycles. The number of fused-ring (bicyclic) bond motifs is 2. The minimum absolute atomic E-state index is 0.164. The Kier molecular flexibility index (Phi) is 5.40. The number of benzene rings is 1. The molecule has 3 aliphatic rings. The molecule has 1 aromatic heterocycles. The summed E-state index contributed by atoms with van der Waals surface area (Å²) in [7, 11) is 0. The first-order valence-corrected chi connectivity index (χ1v) is 11.8. The molecule has 4 heterocycles. The summed E-state index contributed by atoms with van der Waals surface area (Å²) >= 11 is 7.43. The molecule has 160 valence electrons. The second kappa shape index (κ2) is 8.08. The van der Waals surface area contributed by atoms with Gasteiger partial charge in [0.2, 0.25) is 0 Å². The second-order valence-corrected chi connectivity index (χ2v) is 9.86. The molecular formula is C24H24ClN3O2S. The van der Waals surface area contributed by atoms with E-state index < -0.39 is 0 Å². The van der Waals surface area contributed by atoms with Crippen LogP contribution < -0.4 is 0 Å². The number of hydrogen-bond acceptors (Lipinski definition) is 5. The molecule has 0 atom stereocenters. The Morgan fingerprint density at radius 1 is 1.19 bits per heavy atom. The summed E-state index contributed by atoms with van der Waals surface area (Å²) < 4.78 is 6.27. The molecule has 1 saturated heterocycles. The molecule has 3 aliphatic heterocycles. The highest BCUT2D eigenvalue weighted by molar-refractivity contribution is 8.18. The average molecular weight is 454 g/mol. The molecule has 31 heavy (non-hydrogen) atoms. The van der Waals surface area contributed by atoms with Gasteiger partial charge in [-0.1, -0.05) is 55.8 Å². The van der Waals surface area contributed by atoms with Crippen LogP contribution in [0.5, 0.6) is 0 Å². The molecule has 0 radical (unpaired) electrons. The number of halogens is 1. The summed E-state index contributed by atoms with van der Waals surface area (Å²) in [6.07, 6.45) is 3.53. The lowest BCUT2D eigenvalue weighted by Gasteiger charge is -2.39. The molecule has 5 nitrogen and oxygen atoms in total. The number of likely N-dealkylation sites (tertiary alicyclic amines) is 1. The number of carbonyl (C=O) groups is 1. The maximum Gasteiger partial charge on any atom is 0.286 e. The molecule has 0 N–H and O–H groups in total. The zero-order chi connectivity index (χ0) is 21.6. The number of piperidine rings is 1. The van der Waals surface area contributed by atoms with E-state index in [1.54, 1.807) is 12.3 Å². The normalized spacial score (nSPS) is 21.6. The first-order valence-electron chi connectivity index (χ1n) is 10.6. The lowest BCUT2D eigenvalue weighted by molar-refractivity contribution is -0.113. The predicted octanol–water partition coefficient (Wildman–Crippen LogP) is 5.25. The standard InChI is InChI=1S/C24H24ClN3O2S/c1-15(2)20(16-7-8-19(25)26-13-16)21-22(29)27-23(31-21)28-11-9-24(10-12-28)18-6-4-3-5-17(18)14-30-24/h3-8,13,15H,9-12,14H2,1-2H3/b21-20+. The van der Waals surface area contributed by atoms with E-state index in [1.807, 2.05) is 6.07 Å². The largest absolute Gasteiger partial charge is 0.365 e. The minimum atomic E-state index is -0.197. The van der Waals surface area contributed by atoms with Gasteiger partial charge in [-0.05, 0) is 58.9 Å². The van der Waals surface area contributed by atoms with E-state index in [0.717, 1.165) is 42.2 Å². The highest BCUT2D eigenvalue weighted by Gasteiger charge is 2.43. The molecule has 7 heteroatoms. The zero-order valence-corrected chi connectivity index (χ0v) is 19.2. The summed E-state index contributed by atoms with van der Waals surface area (Å²) in [5.41, 5.74) is 4.31. The van der Waals surface area contributed by atoms with Gasteiger partial charge in [0.05, 0.1) is 17.1 Å². The molecule has 1 spiro atoms. The number of amides is 1. The van der Waals surface area contributed by atoms with E-state index in [1.165, 1.54) is 22.9 Å². The Morgan fingerprint density at radius 2 is 1.97 bits per heavy atom. The number of amidine groups is 1. The number of pyridine rings is 1. The monoisotopic (exact) mass is 453 g/mol. The van der Waals surface area contributed by atoms with Gasteiger partial charge in [-0.15, -0.1) is 0 Å². The number of hydrogen-bond donors (Lipinski definition) is 0. The topological polar surface area (TPSA) is 54.8 Å². The third kappa shape index (κ3) is 3.71. The molecule has 1 aromatic carbocycles. The Morgan fingerprint density at radius 3 is 2.68 bits per heavy atom. The van der Waals surface area contributed by atoms with E-state index in [4.69, 9.17) is 16.3 Å². The van der Waals surface area contributed by atoms with Crippen LogP contribution in [0.3, 0.4) is 0 Å². The fraction of sp³-hybridized carbons (Fsp3) is 0.375. The molecule has 2 aromatic rings. The van der Waals surface area contributed by atoms with Gasteiger partial charge in [0, 0.05) is 19.3 Å². The van der Waals surface area contributed by atoms with E-state index in [0.29, 0.717) is 16.7 Å². The molecule has 1 fully saturated rings. The fourth-order valence-electron chi connectivity index (χ4n) is 4.72. The van der Waals surface area contributed by atoms with Crippen LogP contribution >= 0.6 is 23.4 Å². The lowest BCUT2D eigenvalue weighted by Crippen LogP contribution is -2.44. The number of aliphatic imine (C=N–C) groups is 1. The Bertz CT molecular complexity index is 1090. The van der Waals surface area contributed by atoms with Gasteiger partial charge in [-0.25, -0.2) is 4.98 Å². The van der Waals surface area contributed by atoms with Crippen LogP contribution in [0, 0.1) is 5.92 Å². The van der Waals surface area contributed by atoms with Crippen LogP contribution in [-0.4, -0.2) is 34.0 Å². The SMILES string of the molecule is CC(C)/C(=C1\SC(N2CCC3(CC2)OCc2ccccc23)=NC1=O)c1ccc(Cl)nc1. The highest BCUT2D eigenvalue weighted by Crippen LogP contribution is 2.45. The fourth-order valence-corrected chi connectivity index (χ4v) is 6.05. The van der Waals surface area contributed by atoms with Gasteiger partial charge < -0.3 is 9.64 Å². The second-order valence-electron chi connectivity index (χ2n) is 8.50. The third-order valence-electron chi connectivity index (χ3n) is 6.30. The predicted molar refractivity (Wildman–Crippen MR) is 125 cm³/mol. The summed E-state index contributed by atoms with van der Waals surface area (Å²) in [5.74, 6) is -0.00149. The molecule has 0 saturated carbocycles. The van der Waals surface area contributed by atoms with Gasteiger partial charge in [0.15, 0.2) is 5.17 Å². The van der Waals surface area contributed by atoms with Crippen LogP contribution in [0.25, 0.3) is 5.57 Å². The van der Waals surface area contributed by atoms with Crippen molar-refractivity contribution in [3.8, 4) is 0 Å². The van der Waals surface area contributed by atoms with Crippen molar-refractivity contribution in [2.75, 3.05) is 13.1 Å². The number of carbonyl (C=O) groups excluding carboxylic acids is 1. The quantitative estimate of drug-likeness (QED) is 0.459. The van der Waals surface area contributed by atoms with E-state index in [9.17, 15) is 4.79 Å². The van der Waals surface area contributed by atoms with Crippen LogP contribution in [0.4, 0.5) is 0 Å². The number of allylic oxidation sites excluding steroid dienone is 1. The van der Waals surface area contributed by atoms with E-state index in [2.05, 4.69) is 53.0 Å². The molecule has 5 rings (SSSR count). The van der Waals surface area contributed by atoms with E-state index in [-0.39, 0.29) is 17.4 Å². The Balaban J connectivity index is 1.35. The van der Waals surface area contributed by atoms with Crippen molar-refractivity contribution in [1.29, 1.82) is 0 Å². The van der Waals surface area contributed by atoms with Crippen molar-refractivity contribution in [3.63, 3.8) is 0 Å². The first kappa shape index (κ1) is 20.7. The van der Waals surface area contributed by atoms with Gasteiger partial charge in [-0.3, -0.25) is 4.79 Å². The van der Waals surface area contributed by atoms with Crippen LogP contribution in [0.1, 0.15) is 43.4 Å². The molecule has 1 amide bonds. The van der Waals surface area contributed by atoms with Crippen molar-refractivity contribution < 1.29 is 9.53 Å². The van der Waals surface area contributed by atoms with Gasteiger partial charge in [-0.2, -0.15) is 4.99 Å². The lowest BCUT2D eigenvalue weighted by atomic mass is 9.84. The van der Waals surface area contributed by atoms with Crippen molar-refractivity contribution >= 4 is 40.0 Å². The number of aromatic nitrogens is 1. The van der Waals surface area contributed by atoms with Crippen molar-refractivity contribution in [2.24, 2.45) is 10.9 Å². The van der Waals surface area contributed by atoms with Crippen molar-refractivity contribution in [2.45, 2.75) is 38.9 Å². The van der Waals surface area contributed by atoms with Crippen molar-refractivity contribution in [3.05, 3.63) is 69.3 Å². The number of ether oxygens (including phenoxy) is 1. The maximum atomic E-state index is 12.9. The summed E-state index contributed by atoms with van der Waals surface area (Å²) in [6.45, 7) is 6.50. The van der Waals surface area contributed by atoms with Gasteiger partial charge >= 0.3 is 0 Å². The summed E-state index contributed by atoms with van der Waals surface area (Å²) in [4.78, 5) is 24.4. The average Bonchev–Trinajstić information content (AvgIpc) is 3.32. The molecule has 0 bridgehead atoms. The first-order chi connectivity index (χ1) is 15.0. The summed E-state index contributed by atoms with van der Waals surface area (Å²) in [6, 6.07) is 12.2. The maximum absolute atomic E-state index is 12.9. The van der Waals surface area contributed by atoms with Gasteiger partial charge in [0.1, 0.15) is 5.15 Å².